The number of carboxylic acid groups (broad SMARTS) is 2. The van der Waals surface area contributed by atoms with Gasteiger partial charge in [-0.15, -0.1) is 11.6 Å². The molecule has 0 radical (unpaired) electrons. The number of hydrogen-bond acceptors (Lipinski definition) is 5. The van der Waals surface area contributed by atoms with Gasteiger partial charge in [0.2, 0.25) is 0 Å². The second kappa shape index (κ2) is 11.7. The Labute approximate surface area is 180 Å². The van der Waals surface area contributed by atoms with Gasteiger partial charge in [0.25, 0.3) is 0 Å². The second-order valence-electron chi connectivity index (χ2n) is 6.50. The largest absolute Gasteiger partial charge is 0.473 e. The van der Waals surface area contributed by atoms with Gasteiger partial charge in [0.15, 0.2) is 0 Å². The Balaban J connectivity index is 0.000000438. The van der Waals surface area contributed by atoms with Gasteiger partial charge in [-0.1, -0.05) is 36.0 Å². The quantitative estimate of drug-likeness (QED) is 0.491. The lowest BCUT2D eigenvalue weighted by Crippen LogP contribution is -2.27. The van der Waals surface area contributed by atoms with Crippen molar-refractivity contribution in [3.05, 3.63) is 48.5 Å². The number of halogens is 1. The van der Waals surface area contributed by atoms with E-state index in [-0.39, 0.29) is 0 Å². The Bertz CT molecular complexity index is 776. The van der Waals surface area contributed by atoms with Gasteiger partial charge in [0.1, 0.15) is 0 Å². The van der Waals surface area contributed by atoms with Gasteiger partial charge in [-0.3, -0.25) is 0 Å². The third-order valence-corrected chi connectivity index (χ3v) is 5.71. The summed E-state index contributed by atoms with van der Waals surface area (Å²) in [5, 5.41) is 14.8. The van der Waals surface area contributed by atoms with Crippen LogP contribution in [-0.4, -0.2) is 59.6 Å². The molecule has 1 heterocycles. The van der Waals surface area contributed by atoms with Crippen LogP contribution in [0.1, 0.15) is 12.8 Å². The zero-order chi connectivity index (χ0) is 21.2. The van der Waals surface area contributed by atoms with E-state index < -0.39 is 11.9 Å². The minimum Gasteiger partial charge on any atom is -0.473 e. The molecule has 3 rings (SSSR count). The molecular weight excluding hydrogens is 412 g/mol. The van der Waals surface area contributed by atoms with E-state index in [1.807, 2.05) is 11.8 Å². The van der Waals surface area contributed by atoms with Crippen molar-refractivity contribution in [2.24, 2.45) is 0 Å². The van der Waals surface area contributed by atoms with Crippen LogP contribution in [0.15, 0.2) is 58.3 Å². The van der Waals surface area contributed by atoms with Crippen molar-refractivity contribution in [3.63, 3.8) is 0 Å². The zero-order valence-electron chi connectivity index (χ0n) is 16.3. The van der Waals surface area contributed by atoms with Crippen LogP contribution in [0, 0.1) is 0 Å². The lowest BCUT2D eigenvalue weighted by Gasteiger charge is -2.33. The Morgan fingerprint density at radius 1 is 0.931 bits per heavy atom. The average molecular weight is 437 g/mol. The number of para-hydroxylation sites is 2. The maximum Gasteiger partial charge on any atom is 0.414 e. The van der Waals surface area contributed by atoms with Crippen molar-refractivity contribution in [1.82, 2.24) is 4.90 Å². The Hall–Kier alpha value is -2.22. The molecule has 0 fully saturated rings. The number of anilines is 2. The first-order chi connectivity index (χ1) is 13.9. The number of fused-ring (bicyclic) bond motifs is 2. The third-order valence-electron chi connectivity index (χ3n) is 4.31. The van der Waals surface area contributed by atoms with E-state index >= 15 is 0 Å². The van der Waals surface area contributed by atoms with Crippen molar-refractivity contribution < 1.29 is 19.8 Å². The molecule has 6 nitrogen and oxygen atoms in total. The van der Waals surface area contributed by atoms with E-state index in [1.165, 1.54) is 21.2 Å². The Kier molecular flexibility index (Phi) is 9.31. The van der Waals surface area contributed by atoms with Gasteiger partial charge < -0.3 is 20.0 Å². The lowest BCUT2D eigenvalue weighted by atomic mass is 10.2. The molecule has 2 N–H and O–H groups in total. The normalized spacial score (nSPS) is 11.9. The minimum atomic E-state index is -1.82. The zero-order valence-corrected chi connectivity index (χ0v) is 17.8. The first-order valence-electron chi connectivity index (χ1n) is 9.28. The summed E-state index contributed by atoms with van der Waals surface area (Å²) in [4.78, 5) is 25.7. The molecule has 0 saturated carbocycles. The molecule has 8 heteroatoms. The van der Waals surface area contributed by atoms with Gasteiger partial charge in [-0.25, -0.2) is 9.59 Å². The molecule has 0 spiro atoms. The fourth-order valence-corrected chi connectivity index (χ4v) is 4.18. The molecule has 156 valence electrons. The van der Waals surface area contributed by atoms with Crippen LogP contribution < -0.4 is 4.90 Å². The maximum atomic E-state index is 9.10. The van der Waals surface area contributed by atoms with E-state index in [0.717, 1.165) is 38.4 Å². The van der Waals surface area contributed by atoms with E-state index in [4.69, 9.17) is 31.4 Å². The molecule has 2 aromatic carbocycles. The van der Waals surface area contributed by atoms with E-state index in [9.17, 15) is 0 Å². The molecule has 0 aromatic heterocycles. The van der Waals surface area contributed by atoms with Crippen LogP contribution in [0.4, 0.5) is 11.4 Å². The topological polar surface area (TPSA) is 81.1 Å². The van der Waals surface area contributed by atoms with Gasteiger partial charge in [0.05, 0.1) is 11.4 Å². The average Bonchev–Trinajstić information content (AvgIpc) is 2.72. The SMILES string of the molecule is CN(CCCCl)CCCN1c2ccccc2Sc2ccccc21.O=C(O)C(=O)O. The molecule has 0 aliphatic carbocycles. The molecule has 2 aromatic rings. The Morgan fingerprint density at radius 3 is 1.90 bits per heavy atom. The summed E-state index contributed by atoms with van der Waals surface area (Å²) in [5.74, 6) is -2.90. The first-order valence-corrected chi connectivity index (χ1v) is 10.6. The highest BCUT2D eigenvalue weighted by molar-refractivity contribution is 7.99. The number of hydrogen-bond donors (Lipinski definition) is 2. The molecule has 0 amide bonds. The summed E-state index contributed by atoms with van der Waals surface area (Å²) in [6.45, 7) is 3.22. The molecule has 0 saturated heterocycles. The summed E-state index contributed by atoms with van der Waals surface area (Å²) in [7, 11) is 2.18. The van der Waals surface area contributed by atoms with Crippen LogP contribution in [0.2, 0.25) is 0 Å². The number of rotatable bonds is 7. The monoisotopic (exact) mass is 436 g/mol. The molecule has 0 atom stereocenters. The predicted molar refractivity (Wildman–Crippen MR) is 117 cm³/mol. The first kappa shape index (κ1) is 23.1. The summed E-state index contributed by atoms with van der Waals surface area (Å²) >= 11 is 7.65. The number of alkyl halides is 1. The standard InChI is InChI=1S/C19H23ClN2S.C2H2O4/c1-21(13-6-12-20)14-7-15-22-16-8-2-4-10-18(16)23-19-11-5-3-9-17(19)22;3-1(4)2(5)6/h2-5,8-11H,6-7,12-15H2,1H3;(H,3,4)(H,5,6). The van der Waals surface area contributed by atoms with Crippen molar-refractivity contribution in [2.45, 2.75) is 22.6 Å². The van der Waals surface area contributed by atoms with Crippen LogP contribution in [0.3, 0.4) is 0 Å². The minimum absolute atomic E-state index is 0.744. The second-order valence-corrected chi connectivity index (χ2v) is 7.96. The fourth-order valence-electron chi connectivity index (χ4n) is 2.96. The van der Waals surface area contributed by atoms with E-state index in [2.05, 4.69) is 65.4 Å². The lowest BCUT2D eigenvalue weighted by molar-refractivity contribution is -0.159. The van der Waals surface area contributed by atoms with Crippen molar-refractivity contribution in [1.29, 1.82) is 0 Å². The summed E-state index contributed by atoms with van der Waals surface area (Å²) in [5.41, 5.74) is 2.67. The fraction of sp³-hybridized carbons (Fsp3) is 0.333. The van der Waals surface area contributed by atoms with Crippen LogP contribution in [-0.2, 0) is 9.59 Å². The molecule has 1 aliphatic rings. The van der Waals surface area contributed by atoms with Gasteiger partial charge in [0, 0.05) is 22.2 Å². The van der Waals surface area contributed by atoms with Crippen LogP contribution in [0.25, 0.3) is 0 Å². The summed E-state index contributed by atoms with van der Waals surface area (Å²) < 4.78 is 0. The smallest absolute Gasteiger partial charge is 0.414 e. The van der Waals surface area contributed by atoms with Gasteiger partial charge >= 0.3 is 11.9 Å². The number of carboxylic acids is 2. The summed E-state index contributed by atoms with van der Waals surface area (Å²) in [6, 6.07) is 17.4. The number of nitrogens with zero attached hydrogens (tertiary/aromatic N) is 2. The Morgan fingerprint density at radius 2 is 1.41 bits per heavy atom. The number of carbonyl (C=O) groups is 2. The summed E-state index contributed by atoms with van der Waals surface area (Å²) in [6.07, 6.45) is 2.20. The molecule has 1 aliphatic heterocycles. The third kappa shape index (κ3) is 6.96. The van der Waals surface area contributed by atoms with Crippen molar-refractivity contribution in [3.8, 4) is 0 Å². The highest BCUT2D eigenvalue weighted by Crippen LogP contribution is 2.47. The molecule has 29 heavy (non-hydrogen) atoms. The molecular formula is C21H25ClN2O4S. The maximum absolute atomic E-state index is 9.10. The van der Waals surface area contributed by atoms with E-state index in [0.29, 0.717) is 0 Å². The molecule has 0 bridgehead atoms. The van der Waals surface area contributed by atoms with Crippen LogP contribution >= 0.6 is 23.4 Å². The number of benzene rings is 2. The van der Waals surface area contributed by atoms with Crippen molar-refractivity contribution >= 4 is 46.7 Å². The van der Waals surface area contributed by atoms with Gasteiger partial charge in [-0.2, -0.15) is 0 Å². The number of aliphatic carboxylic acids is 2. The predicted octanol–water partition coefficient (Wildman–Crippen LogP) is 4.40. The van der Waals surface area contributed by atoms with E-state index in [1.54, 1.807) is 0 Å². The molecule has 0 unspecified atom stereocenters. The van der Waals surface area contributed by atoms with Crippen LogP contribution in [0.5, 0.6) is 0 Å². The highest BCUT2D eigenvalue weighted by Gasteiger charge is 2.22. The van der Waals surface area contributed by atoms with Crippen molar-refractivity contribution in [2.75, 3.05) is 37.5 Å². The highest BCUT2D eigenvalue weighted by atomic mass is 35.5. The van der Waals surface area contributed by atoms with Gasteiger partial charge in [-0.05, 0) is 57.2 Å².